The molecule has 0 radical (unpaired) electrons. The highest BCUT2D eigenvalue weighted by molar-refractivity contribution is 5.94. The van der Waals surface area contributed by atoms with E-state index in [2.05, 4.69) is 0 Å². The Labute approximate surface area is 109 Å². The van der Waals surface area contributed by atoms with Crippen LogP contribution in [0.3, 0.4) is 0 Å². The molecule has 0 aliphatic carbocycles. The molecule has 0 saturated carbocycles. The third kappa shape index (κ3) is 4.92. The summed E-state index contributed by atoms with van der Waals surface area (Å²) >= 11 is 0. The van der Waals surface area contributed by atoms with Crippen molar-refractivity contribution in [2.24, 2.45) is 5.92 Å². The van der Waals surface area contributed by atoms with Crippen molar-refractivity contribution in [2.75, 3.05) is 19.7 Å². The molecule has 0 amide bonds. The van der Waals surface area contributed by atoms with E-state index in [1.54, 1.807) is 11.8 Å². The van der Waals surface area contributed by atoms with Crippen LogP contribution in [0.25, 0.3) is 0 Å². The molecule has 0 unspecified atom stereocenters. The fourth-order valence-corrected chi connectivity index (χ4v) is 1.81. The topological polar surface area (TPSA) is 46.6 Å². The first kappa shape index (κ1) is 15.5. The lowest BCUT2D eigenvalue weighted by Gasteiger charge is -2.29. The van der Waals surface area contributed by atoms with Crippen molar-refractivity contribution in [1.82, 2.24) is 4.90 Å². The minimum atomic E-state index is -4.83. The number of allylic oxidation sites excluding steroid dienone is 1. The molecule has 0 aromatic heterocycles. The summed E-state index contributed by atoms with van der Waals surface area (Å²) in [4.78, 5) is 23.7. The summed E-state index contributed by atoms with van der Waals surface area (Å²) < 4.78 is 40.8. The van der Waals surface area contributed by atoms with Crippen molar-refractivity contribution < 1.29 is 27.5 Å². The van der Waals surface area contributed by atoms with Gasteiger partial charge in [-0.2, -0.15) is 13.2 Å². The second-order valence-electron chi connectivity index (χ2n) is 4.24. The highest BCUT2D eigenvalue weighted by atomic mass is 19.4. The second-order valence-corrected chi connectivity index (χ2v) is 4.24. The number of hydrogen-bond acceptors (Lipinski definition) is 4. The van der Waals surface area contributed by atoms with E-state index in [-0.39, 0.29) is 11.9 Å². The van der Waals surface area contributed by atoms with Gasteiger partial charge in [-0.15, -0.1) is 0 Å². The molecular formula is C12H16F3NO3. The second kappa shape index (κ2) is 6.58. The van der Waals surface area contributed by atoms with Crippen LogP contribution in [-0.4, -0.2) is 42.5 Å². The maximum absolute atomic E-state index is 12.0. The van der Waals surface area contributed by atoms with Gasteiger partial charge in [-0.1, -0.05) is 0 Å². The van der Waals surface area contributed by atoms with E-state index in [9.17, 15) is 22.8 Å². The summed E-state index contributed by atoms with van der Waals surface area (Å²) in [6.07, 6.45) is -2.14. The van der Waals surface area contributed by atoms with E-state index in [1.807, 2.05) is 0 Å². The van der Waals surface area contributed by atoms with Crippen LogP contribution in [0.5, 0.6) is 0 Å². The summed E-state index contributed by atoms with van der Waals surface area (Å²) in [6.45, 7) is 2.91. The van der Waals surface area contributed by atoms with Gasteiger partial charge in [0.1, 0.15) is 0 Å². The zero-order valence-corrected chi connectivity index (χ0v) is 10.6. The molecule has 19 heavy (non-hydrogen) atoms. The first-order chi connectivity index (χ1) is 8.84. The van der Waals surface area contributed by atoms with Gasteiger partial charge in [0.25, 0.3) is 5.78 Å². The molecule has 1 heterocycles. The van der Waals surface area contributed by atoms with E-state index in [4.69, 9.17) is 4.74 Å². The van der Waals surface area contributed by atoms with Crippen molar-refractivity contribution in [3.8, 4) is 0 Å². The summed E-state index contributed by atoms with van der Waals surface area (Å²) in [5, 5.41) is 0. The van der Waals surface area contributed by atoms with Gasteiger partial charge in [-0.05, 0) is 19.8 Å². The molecule has 108 valence electrons. The Balaban J connectivity index is 2.40. The number of ketones is 1. The smallest absolute Gasteiger partial charge is 0.454 e. The van der Waals surface area contributed by atoms with E-state index >= 15 is 0 Å². The van der Waals surface area contributed by atoms with Crippen LogP contribution in [0, 0.1) is 5.92 Å². The number of nitrogens with zero attached hydrogens (tertiary/aromatic N) is 1. The molecule has 0 aromatic carbocycles. The number of likely N-dealkylation sites (tertiary alicyclic amines) is 1. The number of ether oxygens (including phenoxy) is 1. The van der Waals surface area contributed by atoms with E-state index in [1.165, 1.54) is 0 Å². The largest absolute Gasteiger partial charge is 0.466 e. The maximum atomic E-state index is 12.0. The fraction of sp³-hybridized carbons (Fsp3) is 0.667. The molecule has 1 aliphatic rings. The van der Waals surface area contributed by atoms with Crippen LogP contribution >= 0.6 is 0 Å². The summed E-state index contributed by atoms with van der Waals surface area (Å²) in [7, 11) is 0. The Bertz CT molecular complexity index is 358. The van der Waals surface area contributed by atoms with Gasteiger partial charge in [0.05, 0.1) is 12.5 Å². The number of esters is 1. The summed E-state index contributed by atoms with van der Waals surface area (Å²) in [6, 6.07) is 0. The summed E-state index contributed by atoms with van der Waals surface area (Å²) in [5.41, 5.74) is 0. The van der Waals surface area contributed by atoms with Crippen molar-refractivity contribution in [1.29, 1.82) is 0 Å². The Kier molecular flexibility index (Phi) is 5.38. The van der Waals surface area contributed by atoms with E-state index in [0.717, 1.165) is 6.20 Å². The minimum absolute atomic E-state index is 0.206. The average molecular weight is 279 g/mol. The molecular weight excluding hydrogens is 263 g/mol. The molecule has 0 bridgehead atoms. The van der Waals surface area contributed by atoms with Crippen LogP contribution in [-0.2, 0) is 14.3 Å². The van der Waals surface area contributed by atoms with Crippen LogP contribution in [0.15, 0.2) is 12.3 Å². The van der Waals surface area contributed by atoms with Gasteiger partial charge in [0.2, 0.25) is 0 Å². The molecule has 1 aliphatic heterocycles. The van der Waals surface area contributed by atoms with E-state index in [0.29, 0.717) is 38.6 Å². The minimum Gasteiger partial charge on any atom is -0.466 e. The highest BCUT2D eigenvalue weighted by Crippen LogP contribution is 2.20. The summed E-state index contributed by atoms with van der Waals surface area (Å²) in [5.74, 6) is -2.35. The van der Waals surface area contributed by atoms with Gasteiger partial charge >= 0.3 is 12.1 Å². The van der Waals surface area contributed by atoms with Crippen molar-refractivity contribution in [2.45, 2.75) is 25.9 Å². The number of hydrogen-bond donors (Lipinski definition) is 0. The molecule has 0 aromatic rings. The third-order valence-corrected chi connectivity index (χ3v) is 2.87. The first-order valence-corrected chi connectivity index (χ1v) is 6.04. The van der Waals surface area contributed by atoms with Crippen molar-refractivity contribution in [3.05, 3.63) is 12.3 Å². The van der Waals surface area contributed by atoms with Gasteiger partial charge in [-0.3, -0.25) is 9.59 Å². The van der Waals surface area contributed by atoms with Crippen molar-refractivity contribution >= 4 is 11.8 Å². The lowest BCUT2D eigenvalue weighted by molar-refractivity contribution is -0.165. The Morgan fingerprint density at radius 3 is 2.37 bits per heavy atom. The Hall–Kier alpha value is -1.53. The molecule has 1 rings (SSSR count). The zero-order chi connectivity index (χ0) is 14.5. The third-order valence-electron chi connectivity index (χ3n) is 2.87. The highest BCUT2D eigenvalue weighted by Gasteiger charge is 2.36. The monoisotopic (exact) mass is 279 g/mol. The maximum Gasteiger partial charge on any atom is 0.454 e. The fourth-order valence-electron chi connectivity index (χ4n) is 1.81. The lowest BCUT2D eigenvalue weighted by Crippen LogP contribution is -2.34. The molecule has 0 atom stereocenters. The molecule has 1 saturated heterocycles. The van der Waals surface area contributed by atoms with Crippen LogP contribution < -0.4 is 0 Å². The average Bonchev–Trinajstić information content (AvgIpc) is 2.35. The molecule has 0 spiro atoms. The first-order valence-electron chi connectivity index (χ1n) is 6.04. The van der Waals surface area contributed by atoms with Crippen LogP contribution in [0.1, 0.15) is 19.8 Å². The number of carbonyl (C=O) groups excluding carboxylic acids is 2. The zero-order valence-electron chi connectivity index (χ0n) is 10.6. The van der Waals surface area contributed by atoms with Gasteiger partial charge in [-0.25, -0.2) is 0 Å². The lowest BCUT2D eigenvalue weighted by atomic mass is 9.97. The standard InChI is InChI=1S/C12H16F3NO3/c1-2-19-11(18)9-3-6-16(7-4-9)8-5-10(17)12(13,14)15/h5,8-9H,2-4,6-7H2,1H3/b8-5-. The predicted octanol–water partition coefficient (Wildman–Crippen LogP) is 1.91. The van der Waals surface area contributed by atoms with Gasteiger partial charge in [0, 0.05) is 25.4 Å². The Morgan fingerprint density at radius 1 is 1.32 bits per heavy atom. The Morgan fingerprint density at radius 2 is 1.89 bits per heavy atom. The number of halogens is 3. The number of rotatable bonds is 4. The normalized spacial score (nSPS) is 17.8. The van der Waals surface area contributed by atoms with Crippen molar-refractivity contribution in [3.63, 3.8) is 0 Å². The number of alkyl halides is 3. The molecule has 4 nitrogen and oxygen atoms in total. The molecule has 7 heteroatoms. The van der Waals surface area contributed by atoms with Gasteiger partial charge < -0.3 is 9.64 Å². The molecule has 0 N–H and O–H groups in total. The SMILES string of the molecule is CCOC(=O)C1CCN(/C=C\C(=O)C(F)(F)F)CC1. The molecule has 1 fully saturated rings. The number of carbonyl (C=O) groups is 2. The predicted molar refractivity (Wildman–Crippen MR) is 61.1 cm³/mol. The van der Waals surface area contributed by atoms with Crippen LogP contribution in [0.2, 0.25) is 0 Å². The van der Waals surface area contributed by atoms with Crippen LogP contribution in [0.4, 0.5) is 13.2 Å². The van der Waals surface area contributed by atoms with E-state index < -0.39 is 12.0 Å². The quantitative estimate of drug-likeness (QED) is 0.582. The number of piperidine rings is 1. The van der Waals surface area contributed by atoms with Gasteiger partial charge in [0.15, 0.2) is 0 Å².